The van der Waals surface area contributed by atoms with Crippen LogP contribution < -0.4 is 0 Å². The Labute approximate surface area is 90.1 Å². The molecule has 0 radical (unpaired) electrons. The highest BCUT2D eigenvalue weighted by Gasteiger charge is 2.32. The molecule has 1 heteroatoms. The topological polar surface area (TPSA) is 0 Å². The van der Waals surface area contributed by atoms with Gasteiger partial charge in [-0.2, -0.15) is 0 Å². The van der Waals surface area contributed by atoms with Gasteiger partial charge in [-0.15, -0.1) is 0 Å². The zero-order valence-electron chi connectivity index (χ0n) is 10.4. The minimum Gasteiger partial charge on any atom is -0.0998 e. The summed E-state index contributed by atoms with van der Waals surface area (Å²) < 4.78 is 0. The molecule has 1 rings (SSSR count). The Hall–Kier alpha value is -0.303. The van der Waals surface area contributed by atoms with E-state index in [0.717, 1.165) is 11.5 Å². The van der Waals surface area contributed by atoms with Gasteiger partial charge in [-0.05, 0) is 38.1 Å². The molecule has 0 saturated heterocycles. The molecule has 14 heavy (non-hydrogen) atoms. The molecule has 0 nitrogen and oxygen atoms in total. The lowest BCUT2D eigenvalue weighted by atomic mass is 9.85. The van der Waals surface area contributed by atoms with Crippen LogP contribution in [-0.4, -0.2) is 8.07 Å². The highest BCUT2D eigenvalue weighted by atomic mass is 28.3. The van der Waals surface area contributed by atoms with Crippen molar-refractivity contribution in [3.63, 3.8) is 0 Å². The maximum absolute atomic E-state index is 4.11. The van der Waals surface area contributed by atoms with Gasteiger partial charge in [-0.25, -0.2) is 0 Å². The zero-order valence-corrected chi connectivity index (χ0v) is 11.4. The quantitative estimate of drug-likeness (QED) is 0.458. The van der Waals surface area contributed by atoms with E-state index in [4.69, 9.17) is 0 Å². The van der Waals surface area contributed by atoms with Gasteiger partial charge >= 0.3 is 0 Å². The van der Waals surface area contributed by atoms with Gasteiger partial charge in [0.05, 0.1) is 8.07 Å². The minimum atomic E-state index is -1.02. The van der Waals surface area contributed by atoms with Gasteiger partial charge in [0, 0.05) is 0 Å². The van der Waals surface area contributed by atoms with Crippen LogP contribution in [0.1, 0.15) is 26.7 Å². The normalized spacial score (nSPS) is 28.5. The van der Waals surface area contributed by atoms with Crippen LogP contribution in [0.5, 0.6) is 0 Å². The van der Waals surface area contributed by atoms with Crippen LogP contribution in [0.25, 0.3) is 0 Å². The van der Waals surface area contributed by atoms with E-state index in [-0.39, 0.29) is 0 Å². The molecule has 0 bridgehead atoms. The van der Waals surface area contributed by atoms with Crippen molar-refractivity contribution in [1.82, 2.24) is 0 Å². The number of allylic oxidation sites excluding steroid dienone is 3. The molecule has 0 aromatic carbocycles. The van der Waals surface area contributed by atoms with E-state index in [1.54, 1.807) is 5.57 Å². The molecule has 0 N–H and O–H groups in total. The molecule has 0 saturated carbocycles. The predicted molar refractivity (Wildman–Crippen MR) is 68.4 cm³/mol. The van der Waals surface area contributed by atoms with Crippen molar-refractivity contribution in [2.75, 3.05) is 0 Å². The van der Waals surface area contributed by atoms with Crippen LogP contribution in [0.15, 0.2) is 23.8 Å². The van der Waals surface area contributed by atoms with Gasteiger partial charge in [0.1, 0.15) is 0 Å². The summed E-state index contributed by atoms with van der Waals surface area (Å²) in [6.07, 6.45) is 5.03. The summed E-state index contributed by atoms with van der Waals surface area (Å²) in [4.78, 5) is 0. The van der Waals surface area contributed by atoms with Crippen LogP contribution in [0.2, 0.25) is 25.2 Å². The second kappa shape index (κ2) is 4.06. The van der Waals surface area contributed by atoms with Crippen molar-refractivity contribution in [1.29, 1.82) is 0 Å². The third-order valence-corrected chi connectivity index (χ3v) is 6.32. The average molecular weight is 208 g/mol. The van der Waals surface area contributed by atoms with Crippen LogP contribution >= 0.6 is 0 Å². The molecule has 0 spiro atoms. The van der Waals surface area contributed by atoms with Crippen molar-refractivity contribution in [3.8, 4) is 0 Å². The molecular weight excluding hydrogens is 184 g/mol. The van der Waals surface area contributed by atoms with E-state index in [9.17, 15) is 0 Å². The third kappa shape index (κ3) is 2.60. The van der Waals surface area contributed by atoms with E-state index in [1.807, 2.05) is 0 Å². The largest absolute Gasteiger partial charge is 0.0998 e. The summed E-state index contributed by atoms with van der Waals surface area (Å²) in [5.74, 6) is 0.746. The van der Waals surface area contributed by atoms with Crippen molar-refractivity contribution in [3.05, 3.63) is 23.8 Å². The van der Waals surface area contributed by atoms with Gasteiger partial charge in [0.2, 0.25) is 0 Å². The number of hydrogen-bond donors (Lipinski definition) is 0. The lowest BCUT2D eigenvalue weighted by Crippen LogP contribution is -2.32. The van der Waals surface area contributed by atoms with Gasteiger partial charge in [-0.1, -0.05) is 43.4 Å². The van der Waals surface area contributed by atoms with Crippen molar-refractivity contribution in [2.45, 2.75) is 51.9 Å². The molecule has 0 amide bonds. The molecule has 80 valence electrons. The van der Waals surface area contributed by atoms with Gasteiger partial charge in [0.15, 0.2) is 0 Å². The second-order valence-electron chi connectivity index (χ2n) is 5.88. The lowest BCUT2D eigenvalue weighted by Gasteiger charge is -2.36. The first-order valence-electron chi connectivity index (χ1n) is 5.64. The van der Waals surface area contributed by atoms with Crippen LogP contribution in [0, 0.1) is 5.92 Å². The average Bonchev–Trinajstić information content (AvgIpc) is 2.02. The smallest absolute Gasteiger partial charge is 0.0517 e. The van der Waals surface area contributed by atoms with Crippen molar-refractivity contribution in [2.24, 2.45) is 5.92 Å². The van der Waals surface area contributed by atoms with Gasteiger partial charge < -0.3 is 0 Å². The second-order valence-corrected chi connectivity index (χ2v) is 11.3. The Bertz CT molecular complexity index is 255. The van der Waals surface area contributed by atoms with Crippen LogP contribution in [0.4, 0.5) is 0 Å². The summed E-state index contributed by atoms with van der Waals surface area (Å²) >= 11 is 0. The number of hydrogen-bond acceptors (Lipinski definition) is 0. The first-order valence-corrected chi connectivity index (χ1v) is 9.22. The zero-order chi connectivity index (χ0) is 10.9. The molecule has 2 atom stereocenters. The molecule has 0 heterocycles. The summed E-state index contributed by atoms with van der Waals surface area (Å²) in [5, 5.41) is 0. The summed E-state index contributed by atoms with van der Waals surface area (Å²) in [5.41, 5.74) is 3.89. The minimum absolute atomic E-state index is 0.746. The Kier molecular flexibility index (Phi) is 3.41. The molecule has 0 aliphatic heterocycles. The Morgan fingerprint density at radius 2 is 2.00 bits per heavy atom. The first-order chi connectivity index (χ1) is 6.32. The van der Waals surface area contributed by atoms with E-state index in [1.165, 1.54) is 18.4 Å². The summed E-state index contributed by atoms with van der Waals surface area (Å²) in [6, 6.07) is 0. The van der Waals surface area contributed by atoms with Crippen LogP contribution in [0.3, 0.4) is 0 Å². The Balaban J connectivity index is 2.82. The lowest BCUT2D eigenvalue weighted by molar-refractivity contribution is 0.532. The van der Waals surface area contributed by atoms with E-state index in [0.29, 0.717) is 0 Å². The first kappa shape index (κ1) is 11.8. The Morgan fingerprint density at radius 1 is 1.43 bits per heavy atom. The predicted octanol–water partition coefficient (Wildman–Crippen LogP) is 4.63. The highest BCUT2D eigenvalue weighted by Crippen LogP contribution is 2.42. The fraction of sp³-hybridized carbons (Fsp3) is 0.692. The number of rotatable bonds is 2. The molecule has 0 aromatic heterocycles. The SMILES string of the molecule is C=C(C)[C@H]1CC=C(C)[C@@H]([Si](C)(C)C)C1. The monoisotopic (exact) mass is 208 g/mol. The van der Waals surface area contributed by atoms with Gasteiger partial charge in [-0.3, -0.25) is 0 Å². The fourth-order valence-electron chi connectivity index (χ4n) is 2.48. The summed E-state index contributed by atoms with van der Waals surface area (Å²) in [7, 11) is -1.02. The molecule has 0 fully saturated rings. The highest BCUT2D eigenvalue weighted by molar-refractivity contribution is 6.78. The Morgan fingerprint density at radius 3 is 2.43 bits per heavy atom. The molecular formula is C13H24Si. The summed E-state index contributed by atoms with van der Waals surface area (Å²) in [6.45, 7) is 16.1. The van der Waals surface area contributed by atoms with E-state index >= 15 is 0 Å². The molecule has 1 aliphatic rings. The maximum Gasteiger partial charge on any atom is 0.0517 e. The van der Waals surface area contributed by atoms with E-state index < -0.39 is 8.07 Å². The van der Waals surface area contributed by atoms with Crippen molar-refractivity contribution >= 4 is 8.07 Å². The fourth-order valence-corrected chi connectivity index (χ4v) is 4.95. The third-order valence-electron chi connectivity index (χ3n) is 3.54. The molecule has 0 aromatic rings. The standard InChI is InChI=1S/C13H24Si/c1-10(2)12-8-7-11(3)13(9-12)14(4,5)6/h7,12-13H,1,8-9H2,2-6H3/t12-,13-/m0/s1. The van der Waals surface area contributed by atoms with E-state index in [2.05, 4.69) is 46.1 Å². The van der Waals surface area contributed by atoms with Crippen molar-refractivity contribution < 1.29 is 0 Å². The molecule has 0 unspecified atom stereocenters. The van der Waals surface area contributed by atoms with Gasteiger partial charge in [0.25, 0.3) is 0 Å². The van der Waals surface area contributed by atoms with Crippen LogP contribution in [-0.2, 0) is 0 Å². The maximum atomic E-state index is 4.11. The molecule has 1 aliphatic carbocycles.